The van der Waals surface area contributed by atoms with Crippen molar-refractivity contribution in [3.8, 4) is 0 Å². The molecule has 0 unspecified atom stereocenters. The van der Waals surface area contributed by atoms with E-state index in [4.69, 9.17) is 5.11 Å². The Kier molecular flexibility index (Phi) is 3.24. The van der Waals surface area contributed by atoms with E-state index in [1.807, 2.05) is 4.57 Å². The summed E-state index contributed by atoms with van der Waals surface area (Å²) in [5.74, 6) is 0. The summed E-state index contributed by atoms with van der Waals surface area (Å²) in [7, 11) is 0. The van der Waals surface area contributed by atoms with Crippen molar-refractivity contribution in [1.82, 2.24) is 19.5 Å². The summed E-state index contributed by atoms with van der Waals surface area (Å²) in [5, 5.41) is 8.66. The van der Waals surface area contributed by atoms with E-state index in [0.717, 1.165) is 37.0 Å². The van der Waals surface area contributed by atoms with Crippen LogP contribution >= 0.6 is 0 Å². The molecule has 0 radical (unpaired) electrons. The van der Waals surface area contributed by atoms with Crippen LogP contribution < -0.4 is 0 Å². The lowest BCUT2D eigenvalue weighted by molar-refractivity contribution is 0.282. The zero-order valence-electron chi connectivity index (χ0n) is 8.50. The van der Waals surface area contributed by atoms with Crippen LogP contribution in [0.15, 0.2) is 18.9 Å². The highest BCUT2D eigenvalue weighted by molar-refractivity contribution is 5.68. The lowest BCUT2D eigenvalue weighted by Crippen LogP contribution is -1.98. The molecule has 5 heteroatoms. The minimum Gasteiger partial charge on any atom is -0.396 e. The van der Waals surface area contributed by atoms with Gasteiger partial charge in [-0.1, -0.05) is 0 Å². The zero-order chi connectivity index (χ0) is 10.5. The second kappa shape index (κ2) is 4.84. The Labute approximate surface area is 87.8 Å². The minimum absolute atomic E-state index is 0.271. The molecule has 0 saturated carbocycles. The molecule has 5 nitrogen and oxygen atoms in total. The first-order valence-electron chi connectivity index (χ1n) is 5.13. The third kappa shape index (κ3) is 2.30. The summed E-state index contributed by atoms with van der Waals surface area (Å²) >= 11 is 0. The second-order valence-electron chi connectivity index (χ2n) is 3.45. The Bertz CT molecular complexity index is 426. The second-order valence-corrected chi connectivity index (χ2v) is 3.45. The number of fused-ring (bicyclic) bond motifs is 1. The fourth-order valence-corrected chi connectivity index (χ4v) is 1.55. The maximum atomic E-state index is 8.66. The molecule has 0 atom stereocenters. The van der Waals surface area contributed by atoms with Gasteiger partial charge in [0.05, 0.1) is 12.5 Å². The van der Waals surface area contributed by atoms with Crippen LogP contribution in [-0.4, -0.2) is 31.2 Å². The lowest BCUT2D eigenvalue weighted by Gasteiger charge is -2.02. The molecule has 0 aromatic carbocycles. The van der Waals surface area contributed by atoms with Gasteiger partial charge in [-0.05, 0) is 19.3 Å². The van der Waals surface area contributed by atoms with E-state index >= 15 is 0 Å². The molecule has 0 aliphatic carbocycles. The van der Waals surface area contributed by atoms with Crippen molar-refractivity contribution in [1.29, 1.82) is 0 Å². The Morgan fingerprint density at radius 3 is 3.00 bits per heavy atom. The number of imidazole rings is 1. The van der Waals surface area contributed by atoms with Gasteiger partial charge in [0.1, 0.15) is 11.8 Å². The number of aromatic nitrogens is 4. The molecule has 80 valence electrons. The molecule has 2 rings (SSSR count). The van der Waals surface area contributed by atoms with Crippen LogP contribution in [0.1, 0.15) is 19.3 Å². The van der Waals surface area contributed by atoms with Crippen LogP contribution in [0.3, 0.4) is 0 Å². The predicted molar refractivity (Wildman–Crippen MR) is 56.3 cm³/mol. The van der Waals surface area contributed by atoms with Gasteiger partial charge in [-0.15, -0.1) is 0 Å². The number of nitrogens with zero attached hydrogens (tertiary/aromatic N) is 4. The standard InChI is InChI=1S/C10H14N4O/c15-5-3-1-2-4-14-8-13-9-6-11-7-12-10(9)14/h6-8,15H,1-5H2. The highest BCUT2D eigenvalue weighted by Gasteiger charge is 2.02. The molecule has 2 heterocycles. The topological polar surface area (TPSA) is 63.8 Å². The van der Waals surface area contributed by atoms with Crippen molar-refractivity contribution in [3.05, 3.63) is 18.9 Å². The van der Waals surface area contributed by atoms with E-state index in [9.17, 15) is 0 Å². The fourth-order valence-electron chi connectivity index (χ4n) is 1.55. The van der Waals surface area contributed by atoms with Gasteiger partial charge in [0, 0.05) is 13.2 Å². The highest BCUT2D eigenvalue weighted by atomic mass is 16.2. The number of unbranched alkanes of at least 4 members (excludes halogenated alkanes) is 2. The molecule has 0 fully saturated rings. The summed E-state index contributed by atoms with van der Waals surface area (Å²) in [6, 6.07) is 0. The van der Waals surface area contributed by atoms with Gasteiger partial charge in [-0.2, -0.15) is 0 Å². The minimum atomic E-state index is 0.271. The van der Waals surface area contributed by atoms with Crippen molar-refractivity contribution in [2.45, 2.75) is 25.8 Å². The maximum Gasteiger partial charge on any atom is 0.163 e. The molecule has 15 heavy (non-hydrogen) atoms. The zero-order valence-corrected chi connectivity index (χ0v) is 8.50. The van der Waals surface area contributed by atoms with Crippen LogP contribution in [0.4, 0.5) is 0 Å². The van der Waals surface area contributed by atoms with Crippen LogP contribution in [0.5, 0.6) is 0 Å². The van der Waals surface area contributed by atoms with Crippen LogP contribution in [0, 0.1) is 0 Å². The van der Waals surface area contributed by atoms with E-state index in [2.05, 4.69) is 15.0 Å². The van der Waals surface area contributed by atoms with Crippen LogP contribution in [0.25, 0.3) is 11.2 Å². The molecule has 0 saturated heterocycles. The third-order valence-electron chi connectivity index (χ3n) is 2.34. The van der Waals surface area contributed by atoms with E-state index in [1.54, 1.807) is 12.5 Å². The predicted octanol–water partition coefficient (Wildman–Crippen LogP) is 0.989. The van der Waals surface area contributed by atoms with Gasteiger partial charge in [-0.3, -0.25) is 0 Å². The summed E-state index contributed by atoms with van der Waals surface area (Å²) < 4.78 is 2.02. The molecular formula is C10H14N4O. The van der Waals surface area contributed by atoms with Crippen LogP contribution in [0.2, 0.25) is 0 Å². The largest absolute Gasteiger partial charge is 0.396 e. The van der Waals surface area contributed by atoms with Gasteiger partial charge in [0.25, 0.3) is 0 Å². The average molecular weight is 206 g/mol. The van der Waals surface area contributed by atoms with E-state index in [0.29, 0.717) is 0 Å². The maximum absolute atomic E-state index is 8.66. The number of aliphatic hydroxyl groups excluding tert-OH is 1. The van der Waals surface area contributed by atoms with Gasteiger partial charge >= 0.3 is 0 Å². The summed E-state index contributed by atoms with van der Waals surface area (Å²) in [5.41, 5.74) is 1.72. The van der Waals surface area contributed by atoms with Crippen molar-refractivity contribution < 1.29 is 5.11 Å². The number of aliphatic hydroxyl groups is 1. The quantitative estimate of drug-likeness (QED) is 0.741. The monoisotopic (exact) mass is 206 g/mol. The molecule has 0 aliphatic heterocycles. The summed E-state index contributed by atoms with van der Waals surface area (Å²) in [4.78, 5) is 12.3. The molecule has 0 bridgehead atoms. The fraction of sp³-hybridized carbons (Fsp3) is 0.500. The average Bonchev–Trinajstić information content (AvgIpc) is 2.68. The normalized spacial score (nSPS) is 11.0. The van der Waals surface area contributed by atoms with Crippen molar-refractivity contribution in [2.24, 2.45) is 0 Å². The molecule has 1 N–H and O–H groups in total. The van der Waals surface area contributed by atoms with Crippen molar-refractivity contribution in [2.75, 3.05) is 6.61 Å². The van der Waals surface area contributed by atoms with Crippen LogP contribution in [-0.2, 0) is 6.54 Å². The Morgan fingerprint density at radius 2 is 2.13 bits per heavy atom. The first-order valence-corrected chi connectivity index (χ1v) is 5.13. The number of aryl methyl sites for hydroxylation is 1. The SMILES string of the molecule is OCCCCCn1cnc2cncnc21. The van der Waals surface area contributed by atoms with E-state index in [-0.39, 0.29) is 6.61 Å². The molecule has 2 aromatic rings. The lowest BCUT2D eigenvalue weighted by atomic mass is 10.2. The van der Waals surface area contributed by atoms with Gasteiger partial charge in [-0.25, -0.2) is 15.0 Å². The summed E-state index contributed by atoms with van der Waals surface area (Å²) in [6.07, 6.45) is 7.97. The molecule has 0 spiro atoms. The van der Waals surface area contributed by atoms with Crippen molar-refractivity contribution in [3.63, 3.8) is 0 Å². The summed E-state index contributed by atoms with van der Waals surface area (Å²) in [6.45, 7) is 1.17. The number of hydrogen-bond acceptors (Lipinski definition) is 4. The Hall–Kier alpha value is -1.49. The molecule has 0 aliphatic rings. The van der Waals surface area contributed by atoms with E-state index in [1.165, 1.54) is 6.33 Å². The Balaban J connectivity index is 2.02. The highest BCUT2D eigenvalue weighted by Crippen LogP contribution is 2.08. The molecular weight excluding hydrogens is 192 g/mol. The first-order chi connectivity index (χ1) is 7.42. The molecule has 2 aromatic heterocycles. The van der Waals surface area contributed by atoms with Gasteiger partial charge < -0.3 is 9.67 Å². The third-order valence-corrected chi connectivity index (χ3v) is 2.34. The molecule has 0 amide bonds. The Morgan fingerprint density at radius 1 is 1.20 bits per heavy atom. The van der Waals surface area contributed by atoms with Crippen molar-refractivity contribution >= 4 is 11.2 Å². The van der Waals surface area contributed by atoms with E-state index < -0.39 is 0 Å². The number of hydrogen-bond donors (Lipinski definition) is 1. The van der Waals surface area contributed by atoms with Gasteiger partial charge in [0.2, 0.25) is 0 Å². The smallest absolute Gasteiger partial charge is 0.163 e. The number of rotatable bonds is 5. The first kappa shape index (κ1) is 10.0. The van der Waals surface area contributed by atoms with Gasteiger partial charge in [0.15, 0.2) is 5.65 Å².